The summed E-state index contributed by atoms with van der Waals surface area (Å²) in [6.45, 7) is 2.32. The Morgan fingerprint density at radius 2 is 1.39 bits per heavy atom. The molecule has 292 valence electrons. The topological polar surface area (TPSA) is 132 Å². The van der Waals surface area contributed by atoms with Gasteiger partial charge in [0.15, 0.2) is 12.1 Å². The van der Waals surface area contributed by atoms with Crippen molar-refractivity contribution in [1.29, 1.82) is 0 Å². The number of urea groups is 1. The lowest BCUT2D eigenvalue weighted by atomic mass is 9.91. The Labute approximate surface area is 336 Å². The Bertz CT molecular complexity index is 2140. The maximum Gasteiger partial charge on any atom is 0.328 e. The van der Waals surface area contributed by atoms with E-state index >= 15 is 0 Å². The van der Waals surface area contributed by atoms with Gasteiger partial charge in [0, 0.05) is 41.3 Å². The second kappa shape index (κ2) is 18.9. The van der Waals surface area contributed by atoms with Gasteiger partial charge in [-0.15, -0.1) is 0 Å². The molecule has 1 aliphatic heterocycles. The van der Waals surface area contributed by atoms with Crippen LogP contribution >= 0.6 is 11.8 Å². The third kappa shape index (κ3) is 10.00. The zero-order chi connectivity index (χ0) is 39.6. The number of oxazole rings is 1. The lowest BCUT2D eigenvalue weighted by molar-refractivity contribution is -0.268. The molecule has 11 heteroatoms. The van der Waals surface area contributed by atoms with Crippen LogP contribution in [0, 0.1) is 5.92 Å². The van der Waals surface area contributed by atoms with Gasteiger partial charge in [-0.25, -0.2) is 14.6 Å². The van der Waals surface area contributed by atoms with Gasteiger partial charge >= 0.3 is 12.0 Å². The molecule has 3 N–H and O–H groups in total. The number of nitrogens with zero attached hydrogens (tertiary/aromatic N) is 1. The first-order valence-electron chi connectivity index (χ1n) is 18.9. The third-order valence-electron chi connectivity index (χ3n) is 9.96. The quantitative estimate of drug-likeness (QED) is 0.0734. The molecule has 0 bridgehead atoms. The zero-order valence-electron chi connectivity index (χ0n) is 31.7. The van der Waals surface area contributed by atoms with E-state index in [0.717, 1.165) is 44.6 Å². The van der Waals surface area contributed by atoms with Crippen LogP contribution in [-0.4, -0.2) is 47.1 Å². The van der Waals surface area contributed by atoms with Crippen molar-refractivity contribution in [1.82, 2.24) is 15.6 Å². The summed E-state index contributed by atoms with van der Waals surface area (Å²) in [5, 5.41) is 15.8. The molecular weight excluding hydrogens is 739 g/mol. The molecular formula is C46H45N3O7S. The van der Waals surface area contributed by atoms with Crippen molar-refractivity contribution >= 4 is 23.8 Å². The van der Waals surface area contributed by atoms with Gasteiger partial charge in [-0.3, -0.25) is 0 Å². The van der Waals surface area contributed by atoms with Crippen molar-refractivity contribution < 1.29 is 33.3 Å². The molecule has 0 unspecified atom stereocenters. The molecule has 57 heavy (non-hydrogen) atoms. The molecule has 0 saturated carbocycles. The van der Waals surface area contributed by atoms with E-state index < -0.39 is 24.3 Å². The van der Waals surface area contributed by atoms with Gasteiger partial charge in [0.2, 0.25) is 0 Å². The van der Waals surface area contributed by atoms with Crippen LogP contribution in [-0.2, 0) is 38.6 Å². The number of aliphatic hydroxyl groups is 1. The van der Waals surface area contributed by atoms with Gasteiger partial charge < -0.3 is 34.4 Å². The van der Waals surface area contributed by atoms with Crippen LogP contribution in [0.5, 0.6) is 0 Å². The average molecular weight is 784 g/mol. The Morgan fingerprint density at radius 1 is 0.772 bits per heavy atom. The lowest BCUT2D eigenvalue weighted by Crippen LogP contribution is -2.47. The van der Waals surface area contributed by atoms with Gasteiger partial charge in [-0.1, -0.05) is 158 Å². The highest BCUT2D eigenvalue weighted by atomic mass is 32.2. The standard InChI is InChI=1S/C46H45N3O7S/c1-30-39(29-57-46-49-40(34-14-8-4-9-15-34)42(56-46)35-16-10-5-11-17-35)54-44(55-41(30)36-22-20-33(28-50)21-23-36)37-24-18-32(19-25-37)27-47-45(52)48-38(43(51)53-2)26-31-12-6-3-7-13-31/h3-25,30,38-39,41,44,50H,26-29H2,1-2H3,(H2,47,48,52)/t30-,38-,39+,41+,44+/m0/s1. The smallest absolute Gasteiger partial charge is 0.328 e. The number of thioether (sulfide) groups is 1. The number of carbonyl (C=O) groups is 2. The van der Waals surface area contributed by atoms with Crippen molar-refractivity contribution in [2.45, 2.75) is 56.3 Å². The van der Waals surface area contributed by atoms with E-state index in [1.54, 1.807) is 0 Å². The van der Waals surface area contributed by atoms with Crippen LogP contribution in [0.15, 0.2) is 149 Å². The fraction of sp³-hybridized carbons (Fsp3) is 0.239. The highest BCUT2D eigenvalue weighted by molar-refractivity contribution is 7.99. The monoisotopic (exact) mass is 783 g/mol. The molecule has 1 aromatic heterocycles. The predicted molar refractivity (Wildman–Crippen MR) is 219 cm³/mol. The summed E-state index contributed by atoms with van der Waals surface area (Å²) >= 11 is 1.51. The molecule has 0 spiro atoms. The van der Waals surface area contributed by atoms with Gasteiger partial charge in [-0.05, 0) is 22.3 Å². The Morgan fingerprint density at radius 3 is 2.04 bits per heavy atom. The molecule has 2 amide bonds. The lowest BCUT2D eigenvalue weighted by Gasteiger charge is -2.41. The number of aliphatic hydroxyl groups excluding tert-OH is 1. The predicted octanol–water partition coefficient (Wildman–Crippen LogP) is 8.67. The van der Waals surface area contributed by atoms with Crippen LogP contribution in [0.25, 0.3) is 22.6 Å². The number of rotatable bonds is 14. The summed E-state index contributed by atoms with van der Waals surface area (Å²) in [6.07, 6.45) is -0.909. The minimum absolute atomic E-state index is 0.0384. The van der Waals surface area contributed by atoms with Crippen LogP contribution in [0.3, 0.4) is 0 Å². The molecule has 6 aromatic rings. The fourth-order valence-electron chi connectivity index (χ4n) is 6.77. The minimum atomic E-state index is -0.831. The summed E-state index contributed by atoms with van der Waals surface area (Å²) in [6, 6.07) is 43.7. The first-order valence-corrected chi connectivity index (χ1v) is 19.9. The minimum Gasteiger partial charge on any atom is -0.467 e. The number of hydrogen-bond donors (Lipinski definition) is 3. The number of hydrogen-bond acceptors (Lipinski definition) is 9. The van der Waals surface area contributed by atoms with Gasteiger partial charge in [0.1, 0.15) is 11.7 Å². The number of ether oxygens (including phenoxy) is 3. The Balaban J connectivity index is 1.05. The SMILES string of the molecule is COC(=O)[C@H](Cc1ccccc1)NC(=O)NCc1ccc([C@@H]2O[C@H](CSc3nc(-c4ccccc4)c(-c4ccccc4)o3)[C@H](C)[C@H](c3ccc(CO)cc3)O2)cc1. The number of benzene rings is 5. The zero-order valence-corrected chi connectivity index (χ0v) is 32.6. The summed E-state index contributed by atoms with van der Waals surface area (Å²) < 4.78 is 24.7. The van der Waals surface area contributed by atoms with Crippen LogP contribution in [0.2, 0.25) is 0 Å². The van der Waals surface area contributed by atoms with E-state index in [2.05, 4.69) is 17.6 Å². The molecule has 10 nitrogen and oxygen atoms in total. The van der Waals surface area contributed by atoms with Crippen molar-refractivity contribution in [2.75, 3.05) is 12.9 Å². The molecule has 0 radical (unpaired) electrons. The molecule has 2 heterocycles. The van der Waals surface area contributed by atoms with Gasteiger partial charge in [-0.2, -0.15) is 0 Å². The Hall–Kier alpha value is -5.72. The largest absolute Gasteiger partial charge is 0.467 e. The first kappa shape index (κ1) is 39.5. The molecule has 5 atom stereocenters. The van der Waals surface area contributed by atoms with E-state index in [-0.39, 0.29) is 31.3 Å². The van der Waals surface area contributed by atoms with Crippen LogP contribution < -0.4 is 10.6 Å². The summed E-state index contributed by atoms with van der Waals surface area (Å²) in [5.74, 6) is 0.716. The molecule has 1 fully saturated rings. The van der Waals surface area contributed by atoms with Crippen molar-refractivity contribution in [3.63, 3.8) is 0 Å². The van der Waals surface area contributed by atoms with Crippen LogP contribution in [0.1, 0.15) is 47.1 Å². The normalized spacial score (nSPS) is 18.4. The number of aromatic nitrogens is 1. The molecule has 1 saturated heterocycles. The first-order chi connectivity index (χ1) is 27.9. The number of esters is 1. The maximum absolute atomic E-state index is 12.9. The molecule has 1 aliphatic rings. The van der Waals surface area contributed by atoms with E-state index in [4.69, 9.17) is 23.6 Å². The van der Waals surface area contributed by atoms with Crippen molar-refractivity contribution in [3.05, 3.63) is 167 Å². The number of nitrogens with one attached hydrogen (secondary N) is 2. The third-order valence-corrected chi connectivity index (χ3v) is 10.9. The van der Waals surface area contributed by atoms with E-state index in [9.17, 15) is 14.7 Å². The van der Waals surface area contributed by atoms with Crippen molar-refractivity contribution in [2.24, 2.45) is 5.92 Å². The second-order valence-electron chi connectivity index (χ2n) is 13.9. The van der Waals surface area contributed by atoms with E-state index in [1.165, 1.54) is 18.9 Å². The summed E-state index contributed by atoms with van der Waals surface area (Å²) in [5.41, 5.74) is 7.10. The van der Waals surface area contributed by atoms with Crippen LogP contribution in [0.4, 0.5) is 4.79 Å². The van der Waals surface area contributed by atoms with E-state index in [0.29, 0.717) is 23.2 Å². The molecule has 5 aromatic carbocycles. The number of methoxy groups -OCH3 is 1. The summed E-state index contributed by atoms with van der Waals surface area (Å²) in [7, 11) is 1.30. The fourth-order valence-corrected chi connectivity index (χ4v) is 7.76. The second-order valence-corrected chi connectivity index (χ2v) is 14.8. The number of carbonyl (C=O) groups excluding carboxylic acids is 2. The maximum atomic E-state index is 12.9. The Kier molecular flexibility index (Phi) is 13.1. The molecule has 0 aliphatic carbocycles. The van der Waals surface area contributed by atoms with Gasteiger partial charge in [0.25, 0.3) is 5.22 Å². The summed E-state index contributed by atoms with van der Waals surface area (Å²) in [4.78, 5) is 30.2. The van der Waals surface area contributed by atoms with Gasteiger partial charge in [0.05, 0.1) is 25.9 Å². The number of amides is 2. The van der Waals surface area contributed by atoms with E-state index in [1.807, 2.05) is 140 Å². The average Bonchev–Trinajstić information content (AvgIpc) is 3.70. The molecule has 7 rings (SSSR count). The van der Waals surface area contributed by atoms with Crippen molar-refractivity contribution in [3.8, 4) is 22.6 Å². The highest BCUT2D eigenvalue weighted by Gasteiger charge is 2.39. The highest BCUT2D eigenvalue weighted by Crippen LogP contribution is 2.44.